The van der Waals surface area contributed by atoms with Gasteiger partial charge in [0, 0.05) is 19.3 Å². The quantitative estimate of drug-likeness (QED) is 0.576. The van der Waals surface area contributed by atoms with Crippen molar-refractivity contribution in [1.82, 2.24) is 20.3 Å². The lowest BCUT2D eigenvalue weighted by molar-refractivity contribution is 0.334. The molecular formula is C7H11N4. The minimum absolute atomic E-state index is 0.537. The Kier molecular flexibility index (Phi) is 1.85. The molecule has 0 spiro atoms. The highest BCUT2D eigenvalue weighted by Crippen LogP contribution is 2.16. The Morgan fingerprint density at radius 1 is 1.27 bits per heavy atom. The molecule has 2 heterocycles. The molecule has 1 saturated heterocycles. The molecule has 0 bridgehead atoms. The van der Waals surface area contributed by atoms with Gasteiger partial charge < -0.3 is 0 Å². The summed E-state index contributed by atoms with van der Waals surface area (Å²) < 4.78 is 1.94. The third-order valence-corrected chi connectivity index (χ3v) is 2.06. The van der Waals surface area contributed by atoms with Crippen molar-refractivity contribution < 1.29 is 0 Å². The molecule has 1 aromatic rings. The van der Waals surface area contributed by atoms with Crippen LogP contribution in [0, 0.1) is 0 Å². The standard InChI is InChI=1S/C7H11N4/c1-3-8-4-2-7(1)11-6-5-9-10-11/h5-7H,1-4H2. The van der Waals surface area contributed by atoms with Crippen LogP contribution >= 0.6 is 0 Å². The molecule has 0 aliphatic carbocycles. The smallest absolute Gasteiger partial charge is 0.0693 e. The third kappa shape index (κ3) is 1.40. The van der Waals surface area contributed by atoms with Crippen LogP contribution in [-0.2, 0) is 0 Å². The number of piperidine rings is 1. The zero-order chi connectivity index (χ0) is 7.52. The molecule has 1 fully saturated rings. The number of rotatable bonds is 1. The van der Waals surface area contributed by atoms with Crippen LogP contribution in [0.3, 0.4) is 0 Å². The van der Waals surface area contributed by atoms with Crippen LogP contribution in [0.5, 0.6) is 0 Å². The number of nitrogens with zero attached hydrogens (tertiary/aromatic N) is 4. The van der Waals surface area contributed by atoms with Gasteiger partial charge in [0.05, 0.1) is 12.2 Å². The molecule has 0 N–H and O–H groups in total. The highest BCUT2D eigenvalue weighted by Gasteiger charge is 2.15. The number of hydrogen-bond donors (Lipinski definition) is 0. The highest BCUT2D eigenvalue weighted by atomic mass is 15.4. The Morgan fingerprint density at radius 2 is 2.09 bits per heavy atom. The maximum absolute atomic E-state index is 4.28. The largest absolute Gasteiger partial charge is 0.249 e. The lowest BCUT2D eigenvalue weighted by Crippen LogP contribution is -2.25. The van der Waals surface area contributed by atoms with E-state index in [0.717, 1.165) is 25.9 Å². The van der Waals surface area contributed by atoms with E-state index in [1.165, 1.54) is 0 Å². The van der Waals surface area contributed by atoms with E-state index in [0.29, 0.717) is 6.04 Å². The molecule has 0 atom stereocenters. The molecule has 4 heteroatoms. The molecule has 0 unspecified atom stereocenters. The SMILES string of the molecule is c1cn(C2CC[N]CC2)nn1. The Labute approximate surface area is 65.6 Å². The lowest BCUT2D eigenvalue weighted by Gasteiger charge is -2.20. The van der Waals surface area contributed by atoms with Gasteiger partial charge in [0.25, 0.3) is 0 Å². The molecule has 4 nitrogen and oxygen atoms in total. The normalized spacial score (nSPS) is 20.4. The summed E-state index contributed by atoms with van der Waals surface area (Å²) in [7, 11) is 0. The molecular weight excluding hydrogens is 140 g/mol. The molecule has 1 aromatic heterocycles. The zero-order valence-electron chi connectivity index (χ0n) is 6.35. The van der Waals surface area contributed by atoms with Crippen LogP contribution in [0.1, 0.15) is 18.9 Å². The summed E-state index contributed by atoms with van der Waals surface area (Å²) in [5.41, 5.74) is 0. The fraction of sp³-hybridized carbons (Fsp3) is 0.714. The van der Waals surface area contributed by atoms with Gasteiger partial charge in [-0.05, 0) is 12.8 Å². The molecule has 59 valence electrons. The molecule has 1 radical (unpaired) electrons. The molecule has 11 heavy (non-hydrogen) atoms. The fourth-order valence-corrected chi connectivity index (χ4v) is 1.41. The van der Waals surface area contributed by atoms with Crippen LogP contribution in [0.15, 0.2) is 12.4 Å². The van der Waals surface area contributed by atoms with Gasteiger partial charge in [0.1, 0.15) is 0 Å². The maximum atomic E-state index is 4.28. The minimum Gasteiger partial charge on any atom is -0.249 e. The van der Waals surface area contributed by atoms with Gasteiger partial charge in [-0.1, -0.05) is 5.21 Å². The van der Waals surface area contributed by atoms with Crippen molar-refractivity contribution in [2.45, 2.75) is 18.9 Å². The molecule has 0 amide bonds. The zero-order valence-corrected chi connectivity index (χ0v) is 6.35. The van der Waals surface area contributed by atoms with Crippen LogP contribution < -0.4 is 5.32 Å². The van der Waals surface area contributed by atoms with E-state index in [1.54, 1.807) is 6.20 Å². The van der Waals surface area contributed by atoms with Crippen molar-refractivity contribution in [3.8, 4) is 0 Å². The first kappa shape index (κ1) is 6.79. The van der Waals surface area contributed by atoms with Gasteiger partial charge in [-0.25, -0.2) is 10.00 Å². The number of aromatic nitrogens is 3. The van der Waals surface area contributed by atoms with E-state index in [-0.39, 0.29) is 0 Å². The first-order chi connectivity index (χ1) is 5.47. The highest BCUT2D eigenvalue weighted by molar-refractivity contribution is 4.76. The summed E-state index contributed by atoms with van der Waals surface area (Å²) in [5, 5.41) is 12.0. The minimum atomic E-state index is 0.537. The Balaban J connectivity index is 2.04. The summed E-state index contributed by atoms with van der Waals surface area (Å²) in [6.07, 6.45) is 5.88. The van der Waals surface area contributed by atoms with E-state index in [2.05, 4.69) is 15.6 Å². The van der Waals surface area contributed by atoms with Gasteiger partial charge in [-0.2, -0.15) is 0 Å². The van der Waals surface area contributed by atoms with Gasteiger partial charge in [-0.15, -0.1) is 5.10 Å². The van der Waals surface area contributed by atoms with Crippen LogP contribution in [0.4, 0.5) is 0 Å². The average Bonchev–Trinajstić information content (AvgIpc) is 2.58. The van der Waals surface area contributed by atoms with Gasteiger partial charge in [-0.3, -0.25) is 0 Å². The monoisotopic (exact) mass is 151 g/mol. The van der Waals surface area contributed by atoms with Crippen LogP contribution in [0.25, 0.3) is 0 Å². The Morgan fingerprint density at radius 3 is 2.73 bits per heavy atom. The Hall–Kier alpha value is -0.900. The van der Waals surface area contributed by atoms with Crippen LogP contribution in [0.2, 0.25) is 0 Å². The van der Waals surface area contributed by atoms with E-state index in [9.17, 15) is 0 Å². The second-order valence-corrected chi connectivity index (χ2v) is 2.79. The van der Waals surface area contributed by atoms with Gasteiger partial charge in [0.15, 0.2) is 0 Å². The predicted octanol–water partition coefficient (Wildman–Crippen LogP) is 0.217. The summed E-state index contributed by atoms with van der Waals surface area (Å²) >= 11 is 0. The molecule has 0 aromatic carbocycles. The summed E-state index contributed by atoms with van der Waals surface area (Å²) in [6.45, 7) is 1.95. The number of hydrogen-bond acceptors (Lipinski definition) is 2. The molecule has 2 rings (SSSR count). The van der Waals surface area contributed by atoms with E-state index in [4.69, 9.17) is 0 Å². The molecule has 1 aliphatic rings. The summed E-state index contributed by atoms with van der Waals surface area (Å²) in [6, 6.07) is 0.537. The third-order valence-electron chi connectivity index (χ3n) is 2.06. The van der Waals surface area contributed by atoms with Gasteiger partial charge in [0.2, 0.25) is 0 Å². The predicted molar refractivity (Wildman–Crippen MR) is 40.2 cm³/mol. The van der Waals surface area contributed by atoms with E-state index < -0.39 is 0 Å². The van der Waals surface area contributed by atoms with Gasteiger partial charge >= 0.3 is 0 Å². The van der Waals surface area contributed by atoms with Crippen molar-refractivity contribution in [2.24, 2.45) is 0 Å². The maximum Gasteiger partial charge on any atom is 0.0693 e. The average molecular weight is 151 g/mol. The first-order valence-electron chi connectivity index (χ1n) is 3.96. The van der Waals surface area contributed by atoms with Crippen molar-refractivity contribution in [1.29, 1.82) is 0 Å². The second kappa shape index (κ2) is 3.00. The van der Waals surface area contributed by atoms with E-state index in [1.807, 2.05) is 10.9 Å². The summed E-state index contributed by atoms with van der Waals surface area (Å²) in [4.78, 5) is 0. The fourth-order valence-electron chi connectivity index (χ4n) is 1.41. The topological polar surface area (TPSA) is 44.8 Å². The lowest BCUT2D eigenvalue weighted by atomic mass is 10.1. The summed E-state index contributed by atoms with van der Waals surface area (Å²) in [5.74, 6) is 0. The van der Waals surface area contributed by atoms with Crippen molar-refractivity contribution in [2.75, 3.05) is 13.1 Å². The molecule has 1 aliphatic heterocycles. The van der Waals surface area contributed by atoms with E-state index >= 15 is 0 Å². The van der Waals surface area contributed by atoms with Crippen molar-refractivity contribution >= 4 is 0 Å². The second-order valence-electron chi connectivity index (χ2n) is 2.79. The van der Waals surface area contributed by atoms with Crippen molar-refractivity contribution in [3.63, 3.8) is 0 Å². The Bertz CT molecular complexity index is 200. The van der Waals surface area contributed by atoms with Crippen LogP contribution in [-0.4, -0.2) is 28.1 Å². The molecule has 0 saturated carbocycles. The van der Waals surface area contributed by atoms with Crippen molar-refractivity contribution in [3.05, 3.63) is 12.4 Å². The first-order valence-corrected chi connectivity index (χ1v) is 3.96.